The molecule has 4 nitrogen and oxygen atoms in total. The molecule has 0 saturated heterocycles. The summed E-state index contributed by atoms with van der Waals surface area (Å²) in [6, 6.07) is 7.94. The second kappa shape index (κ2) is 7.13. The van der Waals surface area contributed by atoms with Crippen LogP contribution in [0.4, 0.5) is 5.69 Å². The lowest BCUT2D eigenvalue weighted by atomic mass is 10.3. The number of anilines is 1. The van der Waals surface area contributed by atoms with E-state index in [0.29, 0.717) is 19.9 Å². The highest BCUT2D eigenvalue weighted by Gasteiger charge is 2.13. The number of rotatable bonds is 4. The van der Waals surface area contributed by atoms with Gasteiger partial charge in [0, 0.05) is 0 Å². The van der Waals surface area contributed by atoms with Crippen LogP contribution >= 0.6 is 46.1 Å². The van der Waals surface area contributed by atoms with E-state index in [1.807, 2.05) is 0 Å². The van der Waals surface area contributed by atoms with Gasteiger partial charge in [-0.25, -0.2) is 4.79 Å². The van der Waals surface area contributed by atoms with Crippen molar-refractivity contribution < 1.29 is 14.3 Å². The van der Waals surface area contributed by atoms with Crippen molar-refractivity contribution in [3.05, 3.63) is 49.6 Å². The van der Waals surface area contributed by atoms with Gasteiger partial charge in [0.25, 0.3) is 5.91 Å². The molecule has 1 N–H and O–H groups in total. The molecule has 1 aromatic heterocycles. The van der Waals surface area contributed by atoms with Crippen LogP contribution in [0.15, 0.2) is 30.3 Å². The molecule has 110 valence electrons. The van der Waals surface area contributed by atoms with Gasteiger partial charge in [-0.2, -0.15) is 0 Å². The smallest absolute Gasteiger partial charge is 0.348 e. The summed E-state index contributed by atoms with van der Waals surface area (Å²) in [5, 5.41) is 3.05. The Balaban J connectivity index is 1.90. The zero-order valence-corrected chi connectivity index (χ0v) is 13.4. The van der Waals surface area contributed by atoms with E-state index < -0.39 is 18.5 Å². The molecule has 0 aliphatic carbocycles. The van der Waals surface area contributed by atoms with Crippen molar-refractivity contribution in [1.29, 1.82) is 0 Å². The average Bonchev–Trinajstić information content (AvgIpc) is 2.88. The van der Waals surface area contributed by atoms with Crippen molar-refractivity contribution in [2.75, 3.05) is 11.9 Å². The Morgan fingerprint density at radius 2 is 1.90 bits per heavy atom. The predicted octanol–water partition coefficient (Wildman–Crippen LogP) is 4.50. The molecule has 1 amide bonds. The molecule has 0 aliphatic rings. The molecule has 0 aliphatic heterocycles. The van der Waals surface area contributed by atoms with Crippen molar-refractivity contribution in [2.24, 2.45) is 0 Å². The topological polar surface area (TPSA) is 55.4 Å². The highest BCUT2D eigenvalue weighted by Crippen LogP contribution is 2.29. The summed E-state index contributed by atoms with van der Waals surface area (Å²) >= 11 is 18.5. The molecule has 1 aromatic carbocycles. The molecular weight excluding hydrogens is 357 g/mol. The van der Waals surface area contributed by atoms with E-state index in [1.165, 1.54) is 6.07 Å². The first-order chi connectivity index (χ1) is 9.97. The summed E-state index contributed by atoms with van der Waals surface area (Å²) in [5.74, 6) is -1.13. The third-order valence-electron chi connectivity index (χ3n) is 2.33. The summed E-state index contributed by atoms with van der Waals surface area (Å²) < 4.78 is 5.34. The van der Waals surface area contributed by atoms with Crippen LogP contribution < -0.4 is 5.32 Å². The number of nitrogens with one attached hydrogen (secondary N) is 1. The predicted molar refractivity (Wildman–Crippen MR) is 84.7 cm³/mol. The van der Waals surface area contributed by atoms with Crippen molar-refractivity contribution >= 4 is 63.7 Å². The molecule has 0 bridgehead atoms. The van der Waals surface area contributed by atoms with Crippen LogP contribution in [0.3, 0.4) is 0 Å². The minimum absolute atomic E-state index is 0.226. The number of amides is 1. The van der Waals surface area contributed by atoms with Crippen LogP contribution in [0.2, 0.25) is 14.4 Å². The van der Waals surface area contributed by atoms with E-state index in [1.54, 1.807) is 24.3 Å². The SMILES string of the molecule is O=C(COC(=O)c1ccc(Cl)s1)Nc1cccc(Cl)c1Cl. The van der Waals surface area contributed by atoms with Gasteiger partial charge in [-0.15, -0.1) is 11.3 Å². The summed E-state index contributed by atoms with van der Waals surface area (Å²) in [4.78, 5) is 23.7. The van der Waals surface area contributed by atoms with Crippen molar-refractivity contribution in [2.45, 2.75) is 0 Å². The lowest BCUT2D eigenvalue weighted by molar-refractivity contribution is -0.119. The van der Waals surface area contributed by atoms with Gasteiger partial charge in [-0.1, -0.05) is 40.9 Å². The van der Waals surface area contributed by atoms with Gasteiger partial charge in [-0.3, -0.25) is 4.79 Å². The van der Waals surface area contributed by atoms with Gasteiger partial charge in [0.15, 0.2) is 6.61 Å². The minimum atomic E-state index is -0.612. The zero-order chi connectivity index (χ0) is 15.4. The molecule has 0 saturated carbocycles. The number of hydrogen-bond donors (Lipinski definition) is 1. The monoisotopic (exact) mass is 363 g/mol. The number of esters is 1. The molecule has 8 heteroatoms. The maximum Gasteiger partial charge on any atom is 0.348 e. The lowest BCUT2D eigenvalue weighted by Crippen LogP contribution is -2.20. The first kappa shape index (κ1) is 16.1. The molecule has 0 fully saturated rings. The fraction of sp³-hybridized carbons (Fsp3) is 0.0769. The van der Waals surface area contributed by atoms with E-state index in [-0.39, 0.29) is 5.02 Å². The Bertz CT molecular complexity index is 687. The fourth-order valence-electron chi connectivity index (χ4n) is 1.41. The van der Waals surface area contributed by atoms with Crippen LogP contribution in [-0.4, -0.2) is 18.5 Å². The van der Waals surface area contributed by atoms with Crippen LogP contribution in [0.5, 0.6) is 0 Å². The van der Waals surface area contributed by atoms with Crippen LogP contribution in [0, 0.1) is 0 Å². The van der Waals surface area contributed by atoms with Crippen molar-refractivity contribution in [3.63, 3.8) is 0 Å². The van der Waals surface area contributed by atoms with Crippen LogP contribution in [-0.2, 0) is 9.53 Å². The number of thiophene rings is 1. The Labute approximate surface area is 139 Å². The highest BCUT2D eigenvalue weighted by atomic mass is 35.5. The summed E-state index contributed by atoms with van der Waals surface area (Å²) in [6.45, 7) is -0.433. The van der Waals surface area contributed by atoms with E-state index in [9.17, 15) is 9.59 Å². The highest BCUT2D eigenvalue weighted by molar-refractivity contribution is 7.17. The van der Waals surface area contributed by atoms with Crippen LogP contribution in [0.1, 0.15) is 9.67 Å². The maximum absolute atomic E-state index is 11.7. The molecule has 21 heavy (non-hydrogen) atoms. The Morgan fingerprint density at radius 1 is 1.14 bits per heavy atom. The van der Waals surface area contributed by atoms with Gasteiger partial charge in [0.1, 0.15) is 4.88 Å². The van der Waals surface area contributed by atoms with Gasteiger partial charge in [0.2, 0.25) is 0 Å². The Hall–Kier alpha value is -1.27. The third kappa shape index (κ3) is 4.35. The Morgan fingerprint density at radius 3 is 2.57 bits per heavy atom. The molecule has 0 unspecified atom stereocenters. The van der Waals surface area contributed by atoms with Gasteiger partial charge in [0.05, 0.1) is 20.1 Å². The summed E-state index contributed by atoms with van der Waals surface area (Å²) in [5.41, 5.74) is 0.351. The number of benzene rings is 1. The normalized spacial score (nSPS) is 10.2. The van der Waals surface area contributed by atoms with E-state index in [0.717, 1.165) is 11.3 Å². The van der Waals surface area contributed by atoms with Gasteiger partial charge < -0.3 is 10.1 Å². The van der Waals surface area contributed by atoms with Crippen molar-refractivity contribution in [1.82, 2.24) is 0 Å². The second-order valence-electron chi connectivity index (χ2n) is 3.83. The van der Waals surface area contributed by atoms with Gasteiger partial charge in [-0.05, 0) is 24.3 Å². The molecule has 0 spiro atoms. The first-order valence-corrected chi connectivity index (χ1v) is 7.58. The third-order valence-corrected chi connectivity index (χ3v) is 4.36. The summed E-state index contributed by atoms with van der Waals surface area (Å²) in [7, 11) is 0. The number of carbonyl (C=O) groups excluding carboxylic acids is 2. The Kier molecular flexibility index (Phi) is 5.47. The molecule has 2 rings (SSSR count). The lowest BCUT2D eigenvalue weighted by Gasteiger charge is -2.08. The average molecular weight is 365 g/mol. The number of hydrogen-bond acceptors (Lipinski definition) is 4. The largest absolute Gasteiger partial charge is 0.451 e. The van der Waals surface area contributed by atoms with E-state index >= 15 is 0 Å². The van der Waals surface area contributed by atoms with Crippen molar-refractivity contribution in [3.8, 4) is 0 Å². The number of carbonyl (C=O) groups is 2. The molecule has 1 heterocycles. The molecule has 0 atom stereocenters. The number of halogens is 3. The zero-order valence-electron chi connectivity index (χ0n) is 10.4. The molecule has 0 radical (unpaired) electrons. The van der Waals surface area contributed by atoms with Crippen LogP contribution in [0.25, 0.3) is 0 Å². The number of ether oxygens (including phenoxy) is 1. The first-order valence-electron chi connectivity index (χ1n) is 5.63. The quantitative estimate of drug-likeness (QED) is 0.812. The minimum Gasteiger partial charge on any atom is -0.451 e. The van der Waals surface area contributed by atoms with Gasteiger partial charge >= 0.3 is 5.97 Å². The fourth-order valence-corrected chi connectivity index (χ4v) is 2.70. The second-order valence-corrected chi connectivity index (χ2v) is 6.33. The standard InChI is InChI=1S/C13H8Cl3NO3S/c14-7-2-1-3-8(12(7)16)17-11(18)6-20-13(19)9-4-5-10(15)21-9/h1-5H,6H2,(H,17,18). The van der Waals surface area contributed by atoms with E-state index in [4.69, 9.17) is 39.5 Å². The maximum atomic E-state index is 11.7. The van der Waals surface area contributed by atoms with E-state index in [2.05, 4.69) is 5.32 Å². The molecular formula is C13H8Cl3NO3S. The summed E-state index contributed by atoms with van der Waals surface area (Å²) in [6.07, 6.45) is 0. The molecule has 2 aromatic rings.